The first-order valence-electron chi connectivity index (χ1n) is 6.29. The Hall–Kier alpha value is -1.27. The Morgan fingerprint density at radius 1 is 1.00 bits per heavy atom. The number of halogens is 3. The molecule has 4 nitrogen and oxygen atoms in total. The number of hydrogen-bond donors (Lipinski definition) is 0. The summed E-state index contributed by atoms with van der Waals surface area (Å²) in [6.07, 6.45) is 1.04. The maximum Gasteiger partial charge on any atom is 0.340 e. The summed E-state index contributed by atoms with van der Waals surface area (Å²) in [5, 5.41) is 0.847. The van der Waals surface area contributed by atoms with Crippen molar-refractivity contribution in [3.8, 4) is 0 Å². The lowest BCUT2D eigenvalue weighted by atomic mass is 10.2. The second-order valence-electron chi connectivity index (χ2n) is 4.74. The molecule has 0 aliphatic rings. The fraction of sp³-hybridized carbons (Fsp3) is 0.133. The molecule has 0 unspecified atom stereocenters. The minimum Gasteiger partial charge on any atom is -0.457 e. The molecule has 0 amide bonds. The Kier molecular flexibility index (Phi) is 5.57. The maximum absolute atomic E-state index is 12.1. The standard InChI is InChI=1S/C15H11Cl3O4S/c1-23(20,21)10-3-5-12(16)11(7-10)15(19)22-8-9-2-4-13(17)14(18)6-9/h2-7H,8H2,1H3. The maximum atomic E-state index is 12.1. The molecule has 0 aliphatic carbocycles. The number of sulfone groups is 1. The summed E-state index contributed by atoms with van der Waals surface area (Å²) >= 11 is 17.6. The van der Waals surface area contributed by atoms with E-state index in [1.165, 1.54) is 18.2 Å². The zero-order valence-electron chi connectivity index (χ0n) is 11.8. The van der Waals surface area contributed by atoms with Crippen LogP contribution in [0, 0.1) is 0 Å². The van der Waals surface area contributed by atoms with Gasteiger partial charge in [-0.1, -0.05) is 40.9 Å². The third-order valence-corrected chi connectivity index (χ3v) is 5.12. The number of benzene rings is 2. The molecule has 0 N–H and O–H groups in total. The second-order valence-corrected chi connectivity index (χ2v) is 7.98. The molecule has 0 heterocycles. The molecule has 0 atom stereocenters. The second kappa shape index (κ2) is 7.09. The molecule has 0 aliphatic heterocycles. The molecule has 0 radical (unpaired) electrons. The largest absolute Gasteiger partial charge is 0.457 e. The topological polar surface area (TPSA) is 60.4 Å². The molecular weight excluding hydrogens is 383 g/mol. The van der Waals surface area contributed by atoms with Crippen LogP contribution in [0.5, 0.6) is 0 Å². The van der Waals surface area contributed by atoms with Gasteiger partial charge >= 0.3 is 5.97 Å². The highest BCUT2D eigenvalue weighted by molar-refractivity contribution is 7.90. The van der Waals surface area contributed by atoms with Crippen molar-refractivity contribution >= 4 is 50.6 Å². The van der Waals surface area contributed by atoms with E-state index in [0.29, 0.717) is 15.6 Å². The lowest BCUT2D eigenvalue weighted by molar-refractivity contribution is 0.0472. The van der Waals surface area contributed by atoms with Crippen LogP contribution in [0.1, 0.15) is 15.9 Å². The molecule has 0 saturated heterocycles. The van der Waals surface area contributed by atoms with E-state index in [9.17, 15) is 13.2 Å². The van der Waals surface area contributed by atoms with E-state index in [2.05, 4.69) is 0 Å². The van der Waals surface area contributed by atoms with Crippen LogP contribution in [0.4, 0.5) is 0 Å². The van der Waals surface area contributed by atoms with Crippen LogP contribution in [-0.4, -0.2) is 20.6 Å². The molecule has 23 heavy (non-hydrogen) atoms. The monoisotopic (exact) mass is 392 g/mol. The zero-order valence-corrected chi connectivity index (χ0v) is 14.9. The van der Waals surface area contributed by atoms with Crippen molar-refractivity contribution in [2.24, 2.45) is 0 Å². The van der Waals surface area contributed by atoms with Gasteiger partial charge in [0.25, 0.3) is 0 Å². The van der Waals surface area contributed by atoms with Crippen LogP contribution in [0.2, 0.25) is 15.1 Å². The van der Waals surface area contributed by atoms with Gasteiger partial charge < -0.3 is 4.74 Å². The first-order valence-corrected chi connectivity index (χ1v) is 9.31. The highest BCUT2D eigenvalue weighted by Gasteiger charge is 2.17. The molecule has 8 heteroatoms. The lowest BCUT2D eigenvalue weighted by Gasteiger charge is -2.08. The fourth-order valence-corrected chi connectivity index (χ4v) is 2.91. The minimum absolute atomic E-state index is 0.0108. The number of ether oxygens (including phenoxy) is 1. The first-order chi connectivity index (χ1) is 10.7. The van der Waals surface area contributed by atoms with Crippen molar-refractivity contribution in [2.45, 2.75) is 11.5 Å². The van der Waals surface area contributed by atoms with E-state index in [1.54, 1.807) is 18.2 Å². The van der Waals surface area contributed by atoms with Crippen molar-refractivity contribution in [3.05, 3.63) is 62.6 Å². The van der Waals surface area contributed by atoms with Gasteiger partial charge in [0.1, 0.15) is 6.61 Å². The van der Waals surface area contributed by atoms with Gasteiger partial charge in [-0.15, -0.1) is 0 Å². The van der Waals surface area contributed by atoms with Crippen molar-refractivity contribution in [1.82, 2.24) is 0 Å². The number of carbonyl (C=O) groups is 1. The normalized spacial score (nSPS) is 11.3. The van der Waals surface area contributed by atoms with Crippen molar-refractivity contribution in [3.63, 3.8) is 0 Å². The van der Waals surface area contributed by atoms with Crippen LogP contribution in [-0.2, 0) is 21.2 Å². The summed E-state index contributed by atoms with van der Waals surface area (Å²) < 4.78 is 28.2. The van der Waals surface area contributed by atoms with E-state index in [-0.39, 0.29) is 22.1 Å². The molecule has 0 bridgehead atoms. The van der Waals surface area contributed by atoms with Gasteiger partial charge in [0.05, 0.1) is 25.5 Å². The van der Waals surface area contributed by atoms with Gasteiger partial charge in [-0.3, -0.25) is 0 Å². The van der Waals surface area contributed by atoms with Gasteiger partial charge in [-0.2, -0.15) is 0 Å². The Morgan fingerprint density at radius 3 is 2.26 bits per heavy atom. The van der Waals surface area contributed by atoms with E-state index in [0.717, 1.165) is 6.26 Å². The molecule has 0 spiro atoms. The van der Waals surface area contributed by atoms with Crippen LogP contribution < -0.4 is 0 Å². The average Bonchev–Trinajstić information content (AvgIpc) is 2.47. The molecule has 2 aromatic carbocycles. The van der Waals surface area contributed by atoms with Gasteiger partial charge in [-0.05, 0) is 35.9 Å². The van der Waals surface area contributed by atoms with Crippen molar-refractivity contribution in [1.29, 1.82) is 0 Å². The van der Waals surface area contributed by atoms with Gasteiger partial charge in [0.15, 0.2) is 9.84 Å². The van der Waals surface area contributed by atoms with Crippen LogP contribution in [0.3, 0.4) is 0 Å². The zero-order chi connectivity index (χ0) is 17.2. The fourth-order valence-electron chi connectivity index (χ4n) is 1.75. The summed E-state index contributed by atoms with van der Waals surface area (Å²) in [7, 11) is -3.45. The lowest BCUT2D eigenvalue weighted by Crippen LogP contribution is -2.08. The first kappa shape index (κ1) is 18.1. The summed E-state index contributed by atoms with van der Waals surface area (Å²) in [5.74, 6) is -0.730. The van der Waals surface area contributed by atoms with Crippen LogP contribution >= 0.6 is 34.8 Å². The minimum atomic E-state index is -3.45. The van der Waals surface area contributed by atoms with Crippen LogP contribution in [0.25, 0.3) is 0 Å². The Labute approximate surface area is 148 Å². The molecule has 122 valence electrons. The summed E-state index contributed by atoms with van der Waals surface area (Å²) in [6, 6.07) is 8.68. The molecular formula is C15H11Cl3O4S. The summed E-state index contributed by atoms with van der Waals surface area (Å²) in [6.45, 7) is -0.0465. The van der Waals surface area contributed by atoms with Crippen LogP contribution in [0.15, 0.2) is 41.3 Å². The third-order valence-electron chi connectivity index (χ3n) is 2.94. The Bertz CT molecular complexity index is 863. The number of esters is 1. The quantitative estimate of drug-likeness (QED) is 0.722. The predicted octanol–water partition coefficient (Wildman–Crippen LogP) is 4.41. The summed E-state index contributed by atoms with van der Waals surface area (Å²) in [5.41, 5.74) is 0.623. The molecule has 2 aromatic rings. The Balaban J connectivity index is 2.19. The average molecular weight is 394 g/mol. The summed E-state index contributed by atoms with van der Waals surface area (Å²) in [4.78, 5) is 12.1. The molecule has 0 saturated carbocycles. The third kappa shape index (κ3) is 4.61. The number of carbonyl (C=O) groups excluding carboxylic acids is 1. The van der Waals surface area contributed by atoms with Gasteiger partial charge in [-0.25, -0.2) is 13.2 Å². The van der Waals surface area contributed by atoms with E-state index < -0.39 is 15.8 Å². The number of rotatable bonds is 4. The van der Waals surface area contributed by atoms with E-state index in [1.807, 2.05) is 0 Å². The highest BCUT2D eigenvalue weighted by Crippen LogP contribution is 2.24. The van der Waals surface area contributed by atoms with E-state index in [4.69, 9.17) is 39.5 Å². The number of hydrogen-bond acceptors (Lipinski definition) is 4. The Morgan fingerprint density at radius 2 is 1.65 bits per heavy atom. The van der Waals surface area contributed by atoms with Gasteiger partial charge in [0.2, 0.25) is 0 Å². The highest BCUT2D eigenvalue weighted by atomic mass is 35.5. The molecule has 0 aromatic heterocycles. The molecule has 2 rings (SSSR count). The van der Waals surface area contributed by atoms with Gasteiger partial charge in [0, 0.05) is 6.26 Å². The van der Waals surface area contributed by atoms with E-state index >= 15 is 0 Å². The SMILES string of the molecule is CS(=O)(=O)c1ccc(Cl)c(C(=O)OCc2ccc(Cl)c(Cl)c2)c1. The smallest absolute Gasteiger partial charge is 0.340 e. The molecule has 0 fully saturated rings. The predicted molar refractivity (Wildman–Crippen MR) is 90.1 cm³/mol. The van der Waals surface area contributed by atoms with Crippen molar-refractivity contribution in [2.75, 3.05) is 6.26 Å². The van der Waals surface area contributed by atoms with Crippen molar-refractivity contribution < 1.29 is 17.9 Å².